The van der Waals surface area contributed by atoms with Crippen LogP contribution >= 0.6 is 0 Å². The fourth-order valence-corrected chi connectivity index (χ4v) is 12.4. The fraction of sp³-hybridized carbons (Fsp3) is 0.500. The minimum absolute atomic E-state index is 0.0143. The lowest BCUT2D eigenvalue weighted by Gasteiger charge is -2.32. The number of hydrogen-bond donors (Lipinski definition) is 2. The molecule has 0 saturated carbocycles. The van der Waals surface area contributed by atoms with Gasteiger partial charge in [0.2, 0.25) is 18.2 Å². The Morgan fingerprint density at radius 1 is 0.936 bits per heavy atom. The number of aromatic nitrogens is 5. The molecule has 3 aromatic carbocycles. The first-order valence-electron chi connectivity index (χ1n) is 27.2. The molecule has 9 heterocycles. The van der Waals surface area contributed by atoms with E-state index in [4.69, 9.17) is 29.2 Å². The van der Waals surface area contributed by atoms with Crippen molar-refractivity contribution < 1.29 is 47.2 Å². The third-order valence-corrected chi connectivity index (χ3v) is 16.2. The summed E-state index contributed by atoms with van der Waals surface area (Å²) in [7, 11) is 4.90. The number of aromatic hydroxyl groups is 1. The number of aryl methyl sites for hydroxylation is 3. The molecule has 5 fully saturated rings. The maximum absolute atomic E-state index is 17.0. The number of phenolic OH excluding ortho intramolecular Hbond substituents is 1. The van der Waals surface area contributed by atoms with Gasteiger partial charge in [-0.25, -0.2) is 18.6 Å². The smallest absolute Gasteiger partial charge is 0.329 e. The van der Waals surface area contributed by atoms with Crippen molar-refractivity contribution in [3.63, 3.8) is 0 Å². The van der Waals surface area contributed by atoms with Gasteiger partial charge in [-0.3, -0.25) is 33.7 Å². The minimum atomic E-state index is -0.724. The number of nitrogens with one attached hydrogen (secondary N) is 1. The number of fused-ring (bicyclic) bond motifs is 5. The van der Waals surface area contributed by atoms with Gasteiger partial charge in [0, 0.05) is 59.5 Å². The Morgan fingerprint density at radius 2 is 1.72 bits per heavy atom. The minimum Gasteiger partial charge on any atom is -0.508 e. The topological polar surface area (TPSA) is 196 Å². The maximum Gasteiger partial charge on any atom is 0.329 e. The molecule has 2 atom stereocenters. The molecule has 12 rings (SSSR count). The van der Waals surface area contributed by atoms with E-state index in [0.717, 1.165) is 77.4 Å². The number of carbonyl (C=O) groups excluding carboxylic acids is 3. The number of ether oxygens (including phenoxy) is 4. The van der Waals surface area contributed by atoms with Crippen molar-refractivity contribution in [3.8, 4) is 34.9 Å². The zero-order valence-electron chi connectivity index (χ0n) is 44.7. The van der Waals surface area contributed by atoms with Gasteiger partial charge in [-0.2, -0.15) is 9.97 Å². The van der Waals surface area contributed by atoms with Crippen molar-refractivity contribution in [3.05, 3.63) is 81.4 Å². The summed E-state index contributed by atoms with van der Waals surface area (Å²) >= 11 is 0. The number of amides is 3. The molecular formula is C58H67F2N9O9. The van der Waals surface area contributed by atoms with Gasteiger partial charge in [-0.1, -0.05) is 30.9 Å². The van der Waals surface area contributed by atoms with Crippen LogP contribution in [0.4, 0.5) is 14.6 Å². The lowest BCUT2D eigenvalue weighted by molar-refractivity contribution is -0.135. The van der Waals surface area contributed by atoms with E-state index in [0.29, 0.717) is 101 Å². The molecular weight excluding hydrogens is 1000 g/mol. The standard InChI is InChI=1S/C34H37F2N5O3.C22H24N4O5.C2H6O/c1-2-23-25(35)8-6-20-16-22(42)17-24(27(20)23)30-29(36)31-28-26(37-30)9-7-21-18-43-15-5-14-41(21)32(28)39-33(38-31)44-19-34-10-3-12-40(34)13-4-11-34;1-24-20-15(5-3-13-31-16-9-11-25(14-27)12-10-16)4-2-6-17(20)26(22(24)30)18-7-8-19(28)23-21(18)29;1-3-2/h6,8,16-17,21,42H,2-5,7,9-15,18-19H2,1H3;2,4,6,14,16,18H,7-13H2,1H3,(H,23,28,29);1-2H3. The number of likely N-dealkylation sites (tertiary alicyclic amines) is 1. The Hall–Kier alpha value is -7.05. The third kappa shape index (κ3) is 10.6. The van der Waals surface area contributed by atoms with E-state index < -0.39 is 17.8 Å². The van der Waals surface area contributed by atoms with Crippen molar-refractivity contribution >= 4 is 56.8 Å². The van der Waals surface area contributed by atoms with Crippen LogP contribution in [-0.2, 0) is 48.5 Å². The Kier molecular flexibility index (Phi) is 16.4. The van der Waals surface area contributed by atoms with Gasteiger partial charge in [0.05, 0.1) is 52.0 Å². The second kappa shape index (κ2) is 23.5. The molecule has 2 unspecified atom stereocenters. The van der Waals surface area contributed by atoms with Gasteiger partial charge < -0.3 is 33.9 Å². The summed E-state index contributed by atoms with van der Waals surface area (Å²) in [5.41, 5.74) is 3.28. The van der Waals surface area contributed by atoms with Gasteiger partial charge in [-0.05, 0) is 130 Å². The number of nitrogens with zero attached hydrogens (tertiary/aromatic N) is 8. The summed E-state index contributed by atoms with van der Waals surface area (Å²) in [6.45, 7) is 8.08. The number of methoxy groups -OCH3 is 1. The van der Waals surface area contributed by atoms with E-state index in [1.807, 2.05) is 13.0 Å². The molecule has 18 nitrogen and oxygen atoms in total. The van der Waals surface area contributed by atoms with Gasteiger partial charge in [0.25, 0.3) is 0 Å². The summed E-state index contributed by atoms with van der Waals surface area (Å²) in [5.74, 6) is 4.92. The predicted molar refractivity (Wildman–Crippen MR) is 289 cm³/mol. The molecule has 0 spiro atoms. The van der Waals surface area contributed by atoms with Gasteiger partial charge in [0.1, 0.15) is 47.9 Å². The van der Waals surface area contributed by atoms with Crippen LogP contribution in [0.5, 0.6) is 11.8 Å². The number of carbonyl (C=O) groups is 3. The molecule has 0 aliphatic carbocycles. The van der Waals surface area contributed by atoms with E-state index in [1.54, 1.807) is 50.4 Å². The maximum atomic E-state index is 17.0. The molecule has 5 saturated heterocycles. The van der Waals surface area contributed by atoms with Gasteiger partial charge in [0.15, 0.2) is 5.82 Å². The van der Waals surface area contributed by atoms with Crippen LogP contribution < -0.4 is 20.6 Å². The van der Waals surface area contributed by atoms with Crippen LogP contribution in [0.25, 0.3) is 44.0 Å². The van der Waals surface area contributed by atoms with Crippen molar-refractivity contribution in [1.29, 1.82) is 0 Å². The molecule has 6 aromatic rings. The number of imide groups is 1. The second-order valence-corrected chi connectivity index (χ2v) is 21.0. The number of phenols is 1. The highest BCUT2D eigenvalue weighted by molar-refractivity contribution is 6.03. The number of imidazole rings is 1. The average Bonchev–Trinajstić information content (AvgIpc) is 4.18. The van der Waals surface area contributed by atoms with Crippen LogP contribution in [0, 0.1) is 23.5 Å². The molecule has 3 aromatic heterocycles. The van der Waals surface area contributed by atoms with Crippen molar-refractivity contribution in [1.82, 2.24) is 39.2 Å². The first kappa shape index (κ1) is 54.3. The van der Waals surface area contributed by atoms with E-state index >= 15 is 8.78 Å². The number of benzene rings is 3. The highest BCUT2D eigenvalue weighted by Crippen LogP contribution is 2.43. The van der Waals surface area contributed by atoms with Crippen LogP contribution in [0.15, 0.2) is 47.3 Å². The highest BCUT2D eigenvalue weighted by Gasteiger charge is 2.45. The predicted octanol–water partition coefficient (Wildman–Crippen LogP) is 6.51. The van der Waals surface area contributed by atoms with E-state index in [-0.39, 0.29) is 77.5 Å². The number of halogens is 2. The molecule has 78 heavy (non-hydrogen) atoms. The molecule has 20 heteroatoms. The molecule has 412 valence electrons. The molecule has 6 aliphatic heterocycles. The van der Waals surface area contributed by atoms with Crippen LogP contribution in [0.2, 0.25) is 0 Å². The molecule has 6 aliphatic rings. The van der Waals surface area contributed by atoms with Crippen molar-refractivity contribution in [2.24, 2.45) is 7.05 Å². The van der Waals surface area contributed by atoms with E-state index in [1.165, 1.54) is 21.3 Å². The number of para-hydroxylation sites is 1. The first-order chi connectivity index (χ1) is 37.9. The van der Waals surface area contributed by atoms with Crippen molar-refractivity contribution in [2.75, 3.05) is 78.3 Å². The molecule has 2 N–H and O–H groups in total. The zero-order chi connectivity index (χ0) is 54.7. The van der Waals surface area contributed by atoms with Crippen LogP contribution in [0.3, 0.4) is 0 Å². The number of pyridine rings is 1. The highest BCUT2D eigenvalue weighted by atomic mass is 19.1. The monoisotopic (exact) mass is 1070 g/mol. The fourth-order valence-electron chi connectivity index (χ4n) is 12.4. The summed E-state index contributed by atoms with van der Waals surface area (Å²) in [5, 5.41) is 14.8. The Labute approximate surface area is 451 Å². The molecule has 3 amide bonds. The lowest BCUT2D eigenvalue weighted by Crippen LogP contribution is -2.44. The normalized spacial score (nSPS) is 20.1. The van der Waals surface area contributed by atoms with Crippen LogP contribution in [-0.4, -0.2) is 148 Å². The van der Waals surface area contributed by atoms with E-state index in [9.17, 15) is 24.3 Å². The van der Waals surface area contributed by atoms with Crippen molar-refractivity contribution in [2.45, 2.75) is 108 Å². The first-order valence-corrected chi connectivity index (χ1v) is 27.2. The summed E-state index contributed by atoms with van der Waals surface area (Å²) in [6.07, 6.45) is 10.0. The van der Waals surface area contributed by atoms with Gasteiger partial charge in [-0.15, -0.1) is 0 Å². The SMILES string of the molecule is CCc1c(F)ccc2cc(O)cc(-c3nc4c5c(nc(OCC67CCCN6CCC7)nc5c3F)N3CCCOCC3CC4)c12.COC.Cn1c(=O)n(C2CCC(=O)NC2=O)c2cccc(C#CCOC3CCN(C=O)CC3)c21. The van der Waals surface area contributed by atoms with E-state index in [2.05, 4.69) is 31.7 Å². The van der Waals surface area contributed by atoms with Gasteiger partial charge >= 0.3 is 11.7 Å². The number of anilines is 1. The average molecular weight is 1070 g/mol. The Morgan fingerprint density at radius 3 is 2.46 bits per heavy atom. The summed E-state index contributed by atoms with van der Waals surface area (Å²) in [6, 6.07) is 11.0. The summed E-state index contributed by atoms with van der Waals surface area (Å²) < 4.78 is 57.4. The number of piperidine rings is 2. The molecule has 0 bridgehead atoms. The number of hydrogen-bond acceptors (Lipinski definition) is 14. The quantitative estimate of drug-likeness (QED) is 0.0904. The third-order valence-electron chi connectivity index (χ3n) is 16.2. The largest absolute Gasteiger partial charge is 0.508 e. The zero-order valence-corrected chi connectivity index (χ0v) is 44.7. The Balaban J connectivity index is 0.000000178. The second-order valence-electron chi connectivity index (χ2n) is 21.0. The Bertz CT molecular complexity index is 3370. The number of rotatable bonds is 9. The lowest BCUT2D eigenvalue weighted by atomic mass is 9.94. The summed E-state index contributed by atoms with van der Waals surface area (Å²) in [4.78, 5) is 68.6. The van der Waals surface area contributed by atoms with Crippen LogP contribution in [0.1, 0.15) is 94.0 Å². The molecule has 0 radical (unpaired) electrons.